The van der Waals surface area contributed by atoms with Crippen LogP contribution in [0.1, 0.15) is 10.6 Å². The van der Waals surface area contributed by atoms with Gasteiger partial charge in [0.05, 0.1) is 0 Å². The predicted octanol–water partition coefficient (Wildman–Crippen LogP) is -0.297. The Hall–Kier alpha value is -1.21. The van der Waals surface area contributed by atoms with Gasteiger partial charge in [-0.25, -0.2) is 9.78 Å². The standard InChI is InChI=1S/C4H4N2O4S/c7-4(10-11(8)9)3-5-1-2-6-3/h1-2H,(H,5,6)(H,8,9). The normalized spacial score (nSPS) is 12.5. The molecule has 0 aliphatic carbocycles. The molecule has 1 rings (SSSR count). The molecule has 1 atom stereocenters. The fraction of sp³-hybridized carbons (Fsp3) is 0. The number of hydrogen-bond donors (Lipinski definition) is 2. The number of H-pyrrole nitrogens is 1. The van der Waals surface area contributed by atoms with Gasteiger partial charge in [-0.15, -0.1) is 0 Å². The summed E-state index contributed by atoms with van der Waals surface area (Å²) in [5.41, 5.74) is 0. The fourth-order valence-electron chi connectivity index (χ4n) is 0.481. The summed E-state index contributed by atoms with van der Waals surface area (Å²) in [6, 6.07) is 0. The lowest BCUT2D eigenvalue weighted by Crippen LogP contribution is -2.08. The van der Waals surface area contributed by atoms with Crippen LogP contribution in [-0.4, -0.2) is 24.7 Å². The van der Waals surface area contributed by atoms with Gasteiger partial charge in [-0.05, 0) is 0 Å². The van der Waals surface area contributed by atoms with Gasteiger partial charge < -0.3 is 9.17 Å². The molecule has 0 saturated carbocycles. The van der Waals surface area contributed by atoms with Gasteiger partial charge in [0.15, 0.2) is 0 Å². The number of carbonyl (C=O) groups excluding carboxylic acids is 1. The highest BCUT2D eigenvalue weighted by atomic mass is 32.2. The van der Waals surface area contributed by atoms with E-state index in [4.69, 9.17) is 4.55 Å². The highest BCUT2D eigenvalue weighted by molar-refractivity contribution is 7.74. The van der Waals surface area contributed by atoms with Gasteiger partial charge in [0.25, 0.3) is 0 Å². The second-order valence-electron chi connectivity index (χ2n) is 1.53. The first-order valence-corrected chi connectivity index (χ1v) is 3.56. The lowest BCUT2D eigenvalue weighted by Gasteiger charge is -1.92. The summed E-state index contributed by atoms with van der Waals surface area (Å²) < 4.78 is 21.9. The fourth-order valence-corrected chi connectivity index (χ4v) is 0.690. The van der Waals surface area contributed by atoms with Crippen molar-refractivity contribution in [2.24, 2.45) is 0 Å². The monoisotopic (exact) mass is 176 g/mol. The number of aromatic amines is 1. The van der Waals surface area contributed by atoms with Crippen molar-refractivity contribution in [3.05, 3.63) is 18.2 Å². The van der Waals surface area contributed by atoms with Crippen LogP contribution < -0.4 is 0 Å². The van der Waals surface area contributed by atoms with E-state index in [-0.39, 0.29) is 5.82 Å². The molecule has 0 amide bonds. The van der Waals surface area contributed by atoms with Crippen molar-refractivity contribution in [1.29, 1.82) is 0 Å². The lowest BCUT2D eigenvalue weighted by molar-refractivity contribution is 0.0732. The minimum absolute atomic E-state index is 0.104. The van der Waals surface area contributed by atoms with Gasteiger partial charge in [0.2, 0.25) is 5.82 Å². The van der Waals surface area contributed by atoms with Crippen LogP contribution in [0.25, 0.3) is 0 Å². The number of nitrogens with one attached hydrogen (secondary N) is 1. The summed E-state index contributed by atoms with van der Waals surface area (Å²) in [6.07, 6.45) is 2.73. The van der Waals surface area contributed by atoms with Crippen LogP contribution in [0.2, 0.25) is 0 Å². The Bertz CT molecular complexity index is 270. The van der Waals surface area contributed by atoms with Crippen LogP contribution in [0.4, 0.5) is 0 Å². The third-order valence-corrected chi connectivity index (χ3v) is 1.13. The second kappa shape index (κ2) is 3.26. The summed E-state index contributed by atoms with van der Waals surface area (Å²) in [6.45, 7) is 0. The third kappa shape index (κ3) is 2.13. The number of carbonyl (C=O) groups is 1. The summed E-state index contributed by atoms with van der Waals surface area (Å²) in [7, 11) is 0. The van der Waals surface area contributed by atoms with Gasteiger partial charge in [0.1, 0.15) is 0 Å². The number of aromatic nitrogens is 2. The number of hydrogen-bond acceptors (Lipinski definition) is 4. The molecule has 0 saturated heterocycles. The molecule has 0 aliphatic rings. The molecule has 0 aliphatic heterocycles. The first kappa shape index (κ1) is 7.89. The van der Waals surface area contributed by atoms with E-state index >= 15 is 0 Å². The molecule has 0 spiro atoms. The molecule has 0 aromatic carbocycles. The number of rotatable bonds is 2. The zero-order valence-electron chi connectivity index (χ0n) is 5.18. The molecule has 2 N–H and O–H groups in total. The van der Waals surface area contributed by atoms with Crippen molar-refractivity contribution in [3.63, 3.8) is 0 Å². The lowest BCUT2D eigenvalue weighted by atomic mass is 10.6. The zero-order chi connectivity index (χ0) is 8.27. The van der Waals surface area contributed by atoms with Crippen LogP contribution >= 0.6 is 0 Å². The van der Waals surface area contributed by atoms with E-state index in [9.17, 15) is 9.00 Å². The maximum Gasteiger partial charge on any atom is 0.389 e. The summed E-state index contributed by atoms with van der Waals surface area (Å²) in [5.74, 6) is -1.07. The Morgan fingerprint density at radius 2 is 2.55 bits per heavy atom. The average molecular weight is 176 g/mol. The van der Waals surface area contributed by atoms with Gasteiger partial charge in [-0.2, -0.15) is 4.21 Å². The molecule has 11 heavy (non-hydrogen) atoms. The van der Waals surface area contributed by atoms with E-state index in [0.29, 0.717) is 0 Å². The SMILES string of the molecule is O=C(OS(=O)O)c1ncc[nH]1. The molecule has 1 heterocycles. The molecule has 0 fully saturated rings. The molecular formula is C4H4N2O4S. The average Bonchev–Trinajstić information content (AvgIpc) is 2.35. The number of nitrogens with zero attached hydrogens (tertiary/aromatic N) is 1. The first-order valence-electron chi connectivity index (χ1n) is 2.53. The van der Waals surface area contributed by atoms with E-state index in [0.717, 1.165) is 0 Å². The zero-order valence-corrected chi connectivity index (χ0v) is 6.00. The molecule has 1 aromatic heterocycles. The van der Waals surface area contributed by atoms with Crippen LogP contribution in [0.3, 0.4) is 0 Å². The highest BCUT2D eigenvalue weighted by Crippen LogP contribution is 1.93. The van der Waals surface area contributed by atoms with Gasteiger partial charge in [0, 0.05) is 12.4 Å². The predicted molar refractivity (Wildman–Crippen MR) is 34.8 cm³/mol. The van der Waals surface area contributed by atoms with Crippen molar-refractivity contribution in [3.8, 4) is 0 Å². The van der Waals surface area contributed by atoms with Crippen LogP contribution in [0.15, 0.2) is 12.4 Å². The van der Waals surface area contributed by atoms with E-state index in [1.54, 1.807) is 0 Å². The third-order valence-electron chi connectivity index (χ3n) is 0.839. The second-order valence-corrected chi connectivity index (χ2v) is 2.13. The van der Waals surface area contributed by atoms with Gasteiger partial charge in [-0.3, -0.25) is 4.55 Å². The van der Waals surface area contributed by atoms with Crippen molar-refractivity contribution in [2.45, 2.75) is 0 Å². The topological polar surface area (TPSA) is 92.3 Å². The Labute approximate surface area is 64.1 Å². The molecule has 60 valence electrons. The Morgan fingerprint density at radius 3 is 3.00 bits per heavy atom. The largest absolute Gasteiger partial charge is 0.389 e. The number of imidazole rings is 1. The smallest absolute Gasteiger partial charge is 0.339 e. The van der Waals surface area contributed by atoms with Gasteiger partial charge >= 0.3 is 17.3 Å². The minimum atomic E-state index is -2.59. The van der Waals surface area contributed by atoms with Crippen molar-refractivity contribution < 1.29 is 17.7 Å². The maximum absolute atomic E-state index is 10.6. The van der Waals surface area contributed by atoms with E-state index in [1.165, 1.54) is 12.4 Å². The maximum atomic E-state index is 10.6. The summed E-state index contributed by atoms with van der Waals surface area (Å²) in [5, 5.41) is 0. The molecule has 7 heteroatoms. The Balaban J connectivity index is 2.64. The van der Waals surface area contributed by atoms with Gasteiger partial charge in [-0.1, -0.05) is 0 Å². The van der Waals surface area contributed by atoms with Crippen LogP contribution in [0.5, 0.6) is 0 Å². The minimum Gasteiger partial charge on any atom is -0.339 e. The molecule has 1 unspecified atom stereocenters. The highest BCUT2D eigenvalue weighted by Gasteiger charge is 2.11. The van der Waals surface area contributed by atoms with E-state index in [1.807, 2.05) is 0 Å². The van der Waals surface area contributed by atoms with Crippen molar-refractivity contribution in [2.75, 3.05) is 0 Å². The van der Waals surface area contributed by atoms with Crippen molar-refractivity contribution in [1.82, 2.24) is 9.97 Å². The first-order chi connectivity index (χ1) is 5.20. The molecule has 1 aromatic rings. The van der Waals surface area contributed by atoms with Crippen LogP contribution in [0, 0.1) is 0 Å². The Morgan fingerprint density at radius 1 is 1.82 bits per heavy atom. The molecule has 0 radical (unpaired) electrons. The molecule has 6 nitrogen and oxygen atoms in total. The quantitative estimate of drug-likeness (QED) is 0.603. The Kier molecular flexibility index (Phi) is 2.34. The van der Waals surface area contributed by atoms with E-state index < -0.39 is 17.3 Å². The van der Waals surface area contributed by atoms with Crippen LogP contribution in [-0.2, 0) is 15.5 Å². The summed E-state index contributed by atoms with van der Waals surface area (Å²) in [4.78, 5) is 16.6. The molecule has 0 bridgehead atoms. The molecular weight excluding hydrogens is 172 g/mol. The van der Waals surface area contributed by atoms with E-state index in [2.05, 4.69) is 14.2 Å². The summed E-state index contributed by atoms with van der Waals surface area (Å²) >= 11 is -2.59. The van der Waals surface area contributed by atoms with Crippen molar-refractivity contribution >= 4 is 17.3 Å².